The molecule has 0 saturated carbocycles. The zero-order valence-corrected chi connectivity index (χ0v) is 19.5. The third kappa shape index (κ3) is 4.67. The van der Waals surface area contributed by atoms with Gasteiger partial charge in [0.25, 0.3) is 0 Å². The molecule has 1 spiro atoms. The molecule has 0 unspecified atom stereocenters. The number of aliphatic carboxylic acids is 1. The molecule has 2 aliphatic heterocycles. The van der Waals surface area contributed by atoms with E-state index in [0.717, 1.165) is 12.8 Å². The normalized spacial score (nSPS) is 14.0. The quantitative estimate of drug-likeness (QED) is 0.291. The van der Waals surface area contributed by atoms with E-state index in [2.05, 4.69) is 6.92 Å². The Morgan fingerprint density at radius 2 is 1.43 bits per heavy atom. The maximum Gasteiger partial charge on any atom is 0.340 e. The molecule has 182 valence electrons. The third-order valence-electron chi connectivity index (χ3n) is 6.18. The van der Waals surface area contributed by atoms with E-state index in [0.29, 0.717) is 40.2 Å². The highest BCUT2D eigenvalue weighted by Crippen LogP contribution is 2.56. The maximum atomic E-state index is 12.5. The van der Waals surface area contributed by atoms with Crippen LogP contribution in [0.15, 0.2) is 60.7 Å². The number of carboxylic acids is 1. The van der Waals surface area contributed by atoms with Crippen molar-refractivity contribution in [3.05, 3.63) is 82.9 Å². The topological polar surface area (TPSA) is 113 Å². The van der Waals surface area contributed by atoms with Gasteiger partial charge in [-0.3, -0.25) is 4.79 Å². The van der Waals surface area contributed by atoms with Gasteiger partial charge in [-0.2, -0.15) is 0 Å². The summed E-state index contributed by atoms with van der Waals surface area (Å²) in [5.41, 5.74) is 1.28. The number of esters is 1. The molecule has 2 heterocycles. The molecule has 35 heavy (non-hydrogen) atoms. The van der Waals surface area contributed by atoms with Gasteiger partial charge in [0.1, 0.15) is 23.0 Å². The molecule has 0 atom stereocenters. The number of ether oxygens (including phenoxy) is 2. The molecule has 0 bridgehead atoms. The Labute approximate surface area is 203 Å². The van der Waals surface area contributed by atoms with E-state index in [1.54, 1.807) is 24.3 Å². The lowest BCUT2D eigenvalue weighted by Gasteiger charge is -2.36. The molecule has 3 aromatic carbocycles. The van der Waals surface area contributed by atoms with Crippen LogP contribution in [0.1, 0.15) is 72.5 Å². The van der Waals surface area contributed by atoms with Gasteiger partial charge in [-0.05, 0) is 36.8 Å². The molecule has 7 heteroatoms. The number of benzene rings is 3. The van der Waals surface area contributed by atoms with E-state index in [1.165, 1.54) is 43.5 Å². The number of rotatable bonds is 6. The van der Waals surface area contributed by atoms with Gasteiger partial charge in [-0.15, -0.1) is 0 Å². The summed E-state index contributed by atoms with van der Waals surface area (Å²) in [6, 6.07) is 16.6. The lowest BCUT2D eigenvalue weighted by atomic mass is 9.77. The first-order valence-corrected chi connectivity index (χ1v) is 11.8. The van der Waals surface area contributed by atoms with Crippen LogP contribution < -0.4 is 4.74 Å². The van der Waals surface area contributed by atoms with Crippen molar-refractivity contribution in [3.8, 4) is 23.0 Å². The van der Waals surface area contributed by atoms with Gasteiger partial charge in [0.2, 0.25) is 0 Å². The zero-order valence-electron chi connectivity index (χ0n) is 19.5. The highest BCUT2D eigenvalue weighted by Gasteiger charge is 2.53. The summed E-state index contributed by atoms with van der Waals surface area (Å²) in [5.74, 6) is -0.262. The number of carbonyl (C=O) groups excluding carboxylic acids is 1. The standard InChI is InChI=1S/C20H12O5.C8H16O2/c21-11-5-7-15-17(9-11)24-18-10-12(22)6-8-16(18)20(15)14-4-2-1-3-13(14)19(23)25-20;1-2-3-4-5-6-7-8(9)10/h1-10,21-22H;2-7H2,1H3,(H,9,10). The van der Waals surface area contributed by atoms with Gasteiger partial charge in [-0.25, -0.2) is 4.79 Å². The number of carbonyl (C=O) groups is 2. The number of hydrogen-bond acceptors (Lipinski definition) is 6. The van der Waals surface area contributed by atoms with Crippen molar-refractivity contribution >= 4 is 11.9 Å². The second kappa shape index (κ2) is 10.1. The molecule has 3 aromatic rings. The zero-order chi connectivity index (χ0) is 25.0. The minimum Gasteiger partial charge on any atom is -0.508 e. The van der Waals surface area contributed by atoms with Crippen LogP contribution in [-0.2, 0) is 15.1 Å². The average molecular weight is 477 g/mol. The number of carboxylic acid groups (broad SMARTS) is 1. The fourth-order valence-electron chi connectivity index (χ4n) is 4.53. The maximum absolute atomic E-state index is 12.5. The van der Waals surface area contributed by atoms with E-state index in [9.17, 15) is 19.8 Å². The van der Waals surface area contributed by atoms with Gasteiger partial charge in [0.15, 0.2) is 5.60 Å². The van der Waals surface area contributed by atoms with Crippen molar-refractivity contribution in [2.45, 2.75) is 51.0 Å². The van der Waals surface area contributed by atoms with Crippen molar-refractivity contribution < 1.29 is 34.4 Å². The average Bonchev–Trinajstić information content (AvgIpc) is 3.12. The Kier molecular flexibility index (Phi) is 6.96. The first-order valence-electron chi connectivity index (χ1n) is 11.8. The number of unbranched alkanes of at least 4 members (excludes halogenated alkanes) is 4. The van der Waals surface area contributed by atoms with Crippen molar-refractivity contribution in [2.75, 3.05) is 0 Å². The van der Waals surface area contributed by atoms with E-state index in [-0.39, 0.29) is 11.5 Å². The summed E-state index contributed by atoms with van der Waals surface area (Å²) in [6.07, 6.45) is 5.88. The highest BCUT2D eigenvalue weighted by atomic mass is 16.6. The number of aromatic hydroxyl groups is 2. The lowest BCUT2D eigenvalue weighted by Crippen LogP contribution is -2.32. The molecular weight excluding hydrogens is 448 g/mol. The van der Waals surface area contributed by atoms with Crippen molar-refractivity contribution in [2.24, 2.45) is 0 Å². The van der Waals surface area contributed by atoms with Crippen LogP contribution in [0.25, 0.3) is 0 Å². The summed E-state index contributed by atoms with van der Waals surface area (Å²) < 4.78 is 11.8. The Bertz CT molecular complexity index is 1200. The van der Waals surface area contributed by atoms with E-state index in [1.807, 2.05) is 12.1 Å². The molecule has 0 amide bonds. The van der Waals surface area contributed by atoms with Crippen LogP contribution in [0.3, 0.4) is 0 Å². The SMILES string of the molecule is CCCCCCCC(=O)O.O=C1OC2(c3ccc(O)cc3Oc3cc(O)ccc32)c2ccccc21. The van der Waals surface area contributed by atoms with Gasteiger partial charge in [-0.1, -0.05) is 50.8 Å². The summed E-state index contributed by atoms with van der Waals surface area (Å²) >= 11 is 0. The first kappa shape index (κ1) is 24.1. The fourth-order valence-corrected chi connectivity index (χ4v) is 4.53. The second-order valence-corrected chi connectivity index (χ2v) is 8.64. The predicted molar refractivity (Wildman–Crippen MR) is 129 cm³/mol. The van der Waals surface area contributed by atoms with Crippen LogP contribution in [-0.4, -0.2) is 27.3 Å². The van der Waals surface area contributed by atoms with Crippen LogP contribution in [0.4, 0.5) is 0 Å². The minimum atomic E-state index is -1.17. The smallest absolute Gasteiger partial charge is 0.340 e. The van der Waals surface area contributed by atoms with Crippen LogP contribution in [0.5, 0.6) is 23.0 Å². The van der Waals surface area contributed by atoms with Gasteiger partial charge in [0, 0.05) is 35.2 Å². The molecular formula is C28H28O7. The monoisotopic (exact) mass is 476 g/mol. The Morgan fingerprint density at radius 1 is 0.829 bits per heavy atom. The number of hydrogen-bond donors (Lipinski definition) is 3. The molecule has 0 saturated heterocycles. The van der Waals surface area contributed by atoms with E-state index < -0.39 is 17.5 Å². The Hall–Kier alpha value is -4.00. The Balaban J connectivity index is 0.000000248. The minimum absolute atomic E-state index is 0.0371. The molecule has 5 rings (SSSR count). The van der Waals surface area contributed by atoms with Crippen LogP contribution in [0.2, 0.25) is 0 Å². The number of phenolic OH excluding ortho intramolecular Hbond substituents is 2. The third-order valence-corrected chi connectivity index (χ3v) is 6.18. The molecule has 0 aliphatic carbocycles. The largest absolute Gasteiger partial charge is 0.508 e. The summed E-state index contributed by atoms with van der Waals surface area (Å²) in [6.45, 7) is 2.15. The van der Waals surface area contributed by atoms with E-state index in [4.69, 9.17) is 14.6 Å². The number of fused-ring (bicyclic) bond motifs is 6. The second-order valence-electron chi connectivity index (χ2n) is 8.64. The van der Waals surface area contributed by atoms with Crippen LogP contribution >= 0.6 is 0 Å². The molecule has 3 N–H and O–H groups in total. The highest BCUT2D eigenvalue weighted by molar-refractivity contribution is 5.97. The predicted octanol–water partition coefficient (Wildman–Crippen LogP) is 6.10. The molecule has 0 fully saturated rings. The fraction of sp³-hybridized carbons (Fsp3) is 0.286. The molecule has 0 radical (unpaired) electrons. The molecule has 7 nitrogen and oxygen atoms in total. The van der Waals surface area contributed by atoms with Gasteiger partial charge >= 0.3 is 11.9 Å². The molecule has 2 aliphatic rings. The molecule has 0 aromatic heterocycles. The van der Waals surface area contributed by atoms with Crippen molar-refractivity contribution in [1.82, 2.24) is 0 Å². The summed E-state index contributed by atoms with van der Waals surface area (Å²) in [5, 5.41) is 27.9. The summed E-state index contributed by atoms with van der Waals surface area (Å²) in [4.78, 5) is 22.6. The van der Waals surface area contributed by atoms with Crippen molar-refractivity contribution in [1.29, 1.82) is 0 Å². The van der Waals surface area contributed by atoms with Crippen LogP contribution in [0, 0.1) is 0 Å². The summed E-state index contributed by atoms with van der Waals surface area (Å²) in [7, 11) is 0. The van der Waals surface area contributed by atoms with Gasteiger partial charge < -0.3 is 24.8 Å². The van der Waals surface area contributed by atoms with Crippen molar-refractivity contribution in [3.63, 3.8) is 0 Å². The lowest BCUT2D eigenvalue weighted by molar-refractivity contribution is -0.137. The Morgan fingerprint density at radius 3 is 2.03 bits per heavy atom. The number of phenols is 2. The van der Waals surface area contributed by atoms with E-state index >= 15 is 0 Å². The van der Waals surface area contributed by atoms with Gasteiger partial charge in [0.05, 0.1) is 5.56 Å². The first-order chi connectivity index (χ1) is 16.9.